The molecule has 2 aliphatic rings. The van der Waals surface area contributed by atoms with Crippen LogP contribution in [0.2, 0.25) is 0 Å². The molecule has 4 heterocycles. The number of phosphoric acid groups is 1. The van der Waals surface area contributed by atoms with Crippen molar-refractivity contribution in [3.8, 4) is 11.4 Å². The van der Waals surface area contributed by atoms with Crippen molar-refractivity contribution in [3.63, 3.8) is 0 Å². The lowest BCUT2D eigenvalue weighted by atomic mass is 10.0. The first-order valence-electron chi connectivity index (χ1n) is 10.0. The van der Waals surface area contributed by atoms with Gasteiger partial charge in [0.05, 0.1) is 6.61 Å². The smallest absolute Gasteiger partial charge is 0.386 e. The van der Waals surface area contributed by atoms with Gasteiger partial charge in [-0.2, -0.15) is 4.98 Å². The fourth-order valence-electron chi connectivity index (χ4n) is 4.01. The van der Waals surface area contributed by atoms with E-state index in [-0.39, 0.29) is 23.7 Å². The quantitative estimate of drug-likeness (QED) is 0.414. The highest BCUT2D eigenvalue weighted by molar-refractivity contribution is 7.47. The summed E-state index contributed by atoms with van der Waals surface area (Å²) in [5.74, 6) is 0.506. The van der Waals surface area contributed by atoms with Crippen LogP contribution in [0.15, 0.2) is 29.1 Å². The summed E-state index contributed by atoms with van der Waals surface area (Å²) in [6.45, 7) is 3.90. The molecule has 2 saturated heterocycles. The summed E-state index contributed by atoms with van der Waals surface area (Å²) < 4.78 is 29.1. The number of nitrogen functional groups attached to an aromatic ring is 1. The van der Waals surface area contributed by atoms with Crippen molar-refractivity contribution in [1.82, 2.24) is 19.5 Å². The van der Waals surface area contributed by atoms with E-state index in [1.807, 2.05) is 24.3 Å². The van der Waals surface area contributed by atoms with E-state index in [0.717, 1.165) is 5.56 Å². The number of phosphoric ester groups is 1. The van der Waals surface area contributed by atoms with Crippen molar-refractivity contribution in [2.75, 3.05) is 12.3 Å². The minimum Gasteiger partial charge on any atom is -0.386 e. The van der Waals surface area contributed by atoms with E-state index in [9.17, 15) is 19.4 Å². The summed E-state index contributed by atoms with van der Waals surface area (Å²) in [6, 6.07) is 7.59. The summed E-state index contributed by atoms with van der Waals surface area (Å²) in [6.07, 6.45) is -4.40. The Kier molecular flexibility index (Phi) is 4.97. The zero-order chi connectivity index (χ0) is 22.8. The minimum absolute atomic E-state index is 0.0119. The fraction of sp³-hybridized carbons (Fsp3) is 0.421. The number of benzene rings is 1. The molecule has 0 saturated carbocycles. The van der Waals surface area contributed by atoms with E-state index < -0.39 is 37.9 Å². The zero-order valence-electron chi connectivity index (χ0n) is 17.2. The molecule has 170 valence electrons. The van der Waals surface area contributed by atoms with Gasteiger partial charge in [-0.1, -0.05) is 38.1 Å². The number of hydrogen-bond acceptors (Lipinski definition) is 9. The summed E-state index contributed by atoms with van der Waals surface area (Å²) in [5.41, 5.74) is 7.09. The average Bonchev–Trinajstić information content (AvgIpc) is 3.25. The molecule has 12 nitrogen and oxygen atoms in total. The van der Waals surface area contributed by atoms with E-state index >= 15 is 0 Å². The first-order chi connectivity index (χ1) is 15.1. The molecule has 2 aliphatic heterocycles. The maximum absolute atomic E-state index is 12.5. The molecule has 13 heteroatoms. The molecule has 3 aromatic rings. The number of nitrogens with two attached hydrogens (primary N) is 1. The standard InChI is InChI=1S/C19H22N5O7P/c1-8(2)9-3-5-10(6-4-9)15-21-12-16(22-19(20)23-17(12)26)24(15)18-13(25)14-11(30-18)7-29-32(27,28)31-14/h3-6,8,11,13-14,18,25H,7H2,1-2H3,(H,27,28)(H3,20,22,23,26)/t11?,13?,14-,18-/m1/s1. The number of anilines is 1. The van der Waals surface area contributed by atoms with E-state index in [4.69, 9.17) is 19.5 Å². The van der Waals surface area contributed by atoms with Gasteiger partial charge in [0.1, 0.15) is 24.1 Å². The van der Waals surface area contributed by atoms with Gasteiger partial charge in [-0.05, 0) is 11.5 Å². The maximum Gasteiger partial charge on any atom is 0.472 e. The third-order valence-corrected chi connectivity index (χ3v) is 6.61. The normalized spacial score (nSPS) is 30.2. The number of rotatable bonds is 3. The SMILES string of the molecule is CC(C)c1ccc(-c2nc3c(=O)[nH]c(N)nc3n2[C@@H]2OC3COP(=O)(O)O[C@H]3C2O)cc1. The third-order valence-electron chi connectivity index (χ3n) is 5.63. The summed E-state index contributed by atoms with van der Waals surface area (Å²) in [5, 5.41) is 10.9. The number of aromatic amines is 1. The van der Waals surface area contributed by atoms with Gasteiger partial charge in [0.15, 0.2) is 17.4 Å². The molecular formula is C19H22N5O7P. The lowest BCUT2D eigenvalue weighted by molar-refractivity contribution is -0.0660. The van der Waals surface area contributed by atoms with E-state index in [0.29, 0.717) is 17.3 Å². The van der Waals surface area contributed by atoms with Crippen molar-refractivity contribution >= 4 is 24.9 Å². The van der Waals surface area contributed by atoms with Crippen LogP contribution >= 0.6 is 7.82 Å². The molecular weight excluding hydrogens is 441 g/mol. The monoisotopic (exact) mass is 463 g/mol. The van der Waals surface area contributed by atoms with Crippen LogP contribution in [0.4, 0.5) is 5.95 Å². The van der Waals surface area contributed by atoms with Crippen molar-refractivity contribution < 1.29 is 28.3 Å². The van der Waals surface area contributed by atoms with E-state index in [2.05, 4.69) is 28.8 Å². The molecule has 0 radical (unpaired) electrons. The highest BCUT2D eigenvalue weighted by atomic mass is 31.2. The van der Waals surface area contributed by atoms with Crippen LogP contribution in [0.25, 0.3) is 22.6 Å². The maximum atomic E-state index is 12.5. The van der Waals surface area contributed by atoms with Crippen LogP contribution in [0, 0.1) is 0 Å². The van der Waals surface area contributed by atoms with Crippen LogP contribution in [-0.2, 0) is 18.3 Å². The molecule has 5 atom stereocenters. The summed E-state index contributed by atoms with van der Waals surface area (Å²) in [4.78, 5) is 33.2. The molecule has 3 unspecified atom stereocenters. The van der Waals surface area contributed by atoms with Gasteiger partial charge in [0.25, 0.3) is 5.56 Å². The number of ether oxygens (including phenoxy) is 1. The predicted octanol–water partition coefficient (Wildman–Crippen LogP) is 1.27. The van der Waals surface area contributed by atoms with Gasteiger partial charge in [0.2, 0.25) is 5.95 Å². The number of nitrogens with zero attached hydrogens (tertiary/aromatic N) is 3. The molecule has 0 amide bonds. The second kappa shape index (κ2) is 7.48. The van der Waals surface area contributed by atoms with Crippen molar-refractivity contribution in [1.29, 1.82) is 0 Å². The van der Waals surface area contributed by atoms with E-state index in [1.165, 1.54) is 4.57 Å². The minimum atomic E-state index is -4.30. The van der Waals surface area contributed by atoms with Crippen LogP contribution in [-0.4, -0.2) is 54.4 Å². The first-order valence-corrected chi connectivity index (χ1v) is 11.5. The molecule has 0 bridgehead atoms. The Labute approximate surface area is 181 Å². The number of fused-ring (bicyclic) bond motifs is 2. The second-order valence-corrected chi connectivity index (χ2v) is 9.50. The highest BCUT2D eigenvalue weighted by Crippen LogP contribution is 2.53. The molecule has 32 heavy (non-hydrogen) atoms. The van der Waals surface area contributed by atoms with Gasteiger partial charge in [-0.15, -0.1) is 0 Å². The molecule has 2 fully saturated rings. The highest BCUT2D eigenvalue weighted by Gasteiger charge is 2.53. The molecule has 0 spiro atoms. The van der Waals surface area contributed by atoms with Gasteiger partial charge >= 0.3 is 7.82 Å². The Morgan fingerprint density at radius 1 is 1.28 bits per heavy atom. The van der Waals surface area contributed by atoms with Crippen molar-refractivity contribution in [2.45, 2.75) is 44.3 Å². The van der Waals surface area contributed by atoms with Gasteiger partial charge < -0.3 is 20.5 Å². The number of hydrogen-bond donors (Lipinski definition) is 4. The Morgan fingerprint density at radius 3 is 2.69 bits per heavy atom. The molecule has 5 rings (SSSR count). The second-order valence-electron chi connectivity index (χ2n) is 8.10. The Bertz CT molecular complexity index is 1290. The topological polar surface area (TPSA) is 175 Å². The van der Waals surface area contributed by atoms with Crippen molar-refractivity contribution in [2.24, 2.45) is 0 Å². The van der Waals surface area contributed by atoms with Gasteiger partial charge in [-0.25, -0.2) is 9.55 Å². The van der Waals surface area contributed by atoms with Crippen molar-refractivity contribution in [3.05, 3.63) is 40.2 Å². The number of H-pyrrole nitrogens is 1. The van der Waals surface area contributed by atoms with Crippen LogP contribution in [0.1, 0.15) is 31.6 Å². The van der Waals surface area contributed by atoms with Crippen LogP contribution in [0.3, 0.4) is 0 Å². The number of nitrogens with one attached hydrogen (secondary N) is 1. The summed E-state index contributed by atoms with van der Waals surface area (Å²) in [7, 11) is -4.30. The molecule has 1 aromatic carbocycles. The first kappa shape index (κ1) is 21.3. The zero-order valence-corrected chi connectivity index (χ0v) is 18.1. The number of imidazole rings is 1. The van der Waals surface area contributed by atoms with Gasteiger partial charge in [-0.3, -0.25) is 23.4 Å². The van der Waals surface area contributed by atoms with E-state index in [1.54, 1.807) is 0 Å². The lowest BCUT2D eigenvalue weighted by Crippen LogP contribution is -2.39. The number of aromatic nitrogens is 4. The summed E-state index contributed by atoms with van der Waals surface area (Å²) >= 11 is 0. The Balaban J connectivity index is 1.67. The molecule has 0 aliphatic carbocycles. The van der Waals surface area contributed by atoms with Gasteiger partial charge in [0, 0.05) is 5.56 Å². The van der Waals surface area contributed by atoms with Crippen LogP contribution in [0.5, 0.6) is 0 Å². The Morgan fingerprint density at radius 2 is 2.00 bits per heavy atom. The fourth-order valence-corrected chi connectivity index (χ4v) is 4.98. The van der Waals surface area contributed by atoms with Crippen LogP contribution < -0.4 is 11.3 Å². The largest absolute Gasteiger partial charge is 0.472 e. The predicted molar refractivity (Wildman–Crippen MR) is 113 cm³/mol. The number of aliphatic hydroxyl groups is 1. The molecule has 5 N–H and O–H groups in total. The lowest BCUT2D eigenvalue weighted by Gasteiger charge is -2.27. The number of aliphatic hydroxyl groups excluding tert-OH is 1. The third kappa shape index (κ3) is 3.45. The Hall–Kier alpha value is -2.60. The molecule has 2 aromatic heterocycles. The average molecular weight is 463 g/mol.